The second-order valence-corrected chi connectivity index (χ2v) is 4.72. The second kappa shape index (κ2) is 5.32. The smallest absolute Gasteiger partial charge is 0.134 e. The summed E-state index contributed by atoms with van der Waals surface area (Å²) in [6, 6.07) is 8.43. The number of ketones is 1. The molecule has 1 N–H and O–H groups in total. The van der Waals surface area contributed by atoms with Crippen LogP contribution in [0.15, 0.2) is 24.3 Å². The largest absolute Gasteiger partial charge is 0.490 e. The van der Waals surface area contributed by atoms with Crippen LogP contribution in [-0.2, 0) is 11.2 Å². The van der Waals surface area contributed by atoms with Gasteiger partial charge in [0.15, 0.2) is 0 Å². The standard InChI is InChI=1S/C14H19NO2/c1-10(16)6-11-4-3-5-13(7-11)17-14-8-12(9-14)15-2/h3-5,7,12,14-15H,6,8-9H2,1-2H3/t12-,14-. The van der Waals surface area contributed by atoms with Crippen molar-refractivity contribution in [3.05, 3.63) is 29.8 Å². The van der Waals surface area contributed by atoms with E-state index in [0.29, 0.717) is 18.6 Å². The Morgan fingerprint density at radius 3 is 2.88 bits per heavy atom. The van der Waals surface area contributed by atoms with E-state index in [0.717, 1.165) is 24.2 Å². The molecule has 0 aromatic heterocycles. The number of ether oxygens (including phenoxy) is 1. The fraction of sp³-hybridized carbons (Fsp3) is 0.500. The van der Waals surface area contributed by atoms with Crippen molar-refractivity contribution in [3.8, 4) is 5.75 Å². The molecular weight excluding hydrogens is 214 g/mol. The topological polar surface area (TPSA) is 38.3 Å². The quantitative estimate of drug-likeness (QED) is 0.844. The summed E-state index contributed by atoms with van der Waals surface area (Å²) in [5.74, 6) is 1.06. The first-order chi connectivity index (χ1) is 8.17. The van der Waals surface area contributed by atoms with Crippen molar-refractivity contribution >= 4 is 5.78 Å². The predicted molar refractivity (Wildman–Crippen MR) is 67.3 cm³/mol. The summed E-state index contributed by atoms with van der Waals surface area (Å²) in [4.78, 5) is 11.0. The first-order valence-corrected chi connectivity index (χ1v) is 6.09. The molecule has 0 aliphatic heterocycles. The maximum atomic E-state index is 11.0. The summed E-state index contributed by atoms with van der Waals surface area (Å²) in [6.07, 6.45) is 2.93. The van der Waals surface area contributed by atoms with Gasteiger partial charge in [0.25, 0.3) is 0 Å². The van der Waals surface area contributed by atoms with E-state index in [1.807, 2.05) is 31.3 Å². The third kappa shape index (κ3) is 3.30. The number of carbonyl (C=O) groups is 1. The van der Waals surface area contributed by atoms with Gasteiger partial charge in [-0.15, -0.1) is 0 Å². The third-order valence-corrected chi connectivity index (χ3v) is 3.16. The van der Waals surface area contributed by atoms with Gasteiger partial charge in [-0.3, -0.25) is 4.79 Å². The zero-order valence-electron chi connectivity index (χ0n) is 10.4. The molecule has 0 bridgehead atoms. The molecule has 3 nitrogen and oxygen atoms in total. The molecule has 17 heavy (non-hydrogen) atoms. The van der Waals surface area contributed by atoms with E-state index in [4.69, 9.17) is 4.74 Å². The molecule has 0 spiro atoms. The van der Waals surface area contributed by atoms with Crippen molar-refractivity contribution in [3.63, 3.8) is 0 Å². The summed E-state index contributed by atoms with van der Waals surface area (Å²) in [5, 5.41) is 3.23. The van der Waals surface area contributed by atoms with E-state index in [1.165, 1.54) is 0 Å². The fourth-order valence-corrected chi connectivity index (χ4v) is 2.11. The molecule has 0 amide bonds. The fourth-order valence-electron chi connectivity index (χ4n) is 2.11. The van der Waals surface area contributed by atoms with Crippen molar-refractivity contribution < 1.29 is 9.53 Å². The second-order valence-electron chi connectivity index (χ2n) is 4.72. The Balaban J connectivity index is 1.90. The van der Waals surface area contributed by atoms with Crippen molar-refractivity contribution in [2.24, 2.45) is 0 Å². The van der Waals surface area contributed by atoms with E-state index >= 15 is 0 Å². The highest BCUT2D eigenvalue weighted by molar-refractivity contribution is 5.78. The van der Waals surface area contributed by atoms with Gasteiger partial charge in [0, 0.05) is 12.5 Å². The van der Waals surface area contributed by atoms with Gasteiger partial charge in [-0.25, -0.2) is 0 Å². The third-order valence-electron chi connectivity index (χ3n) is 3.16. The minimum atomic E-state index is 0.182. The van der Waals surface area contributed by atoms with Gasteiger partial charge < -0.3 is 10.1 Å². The van der Waals surface area contributed by atoms with Gasteiger partial charge in [-0.05, 0) is 44.5 Å². The van der Waals surface area contributed by atoms with E-state index in [2.05, 4.69) is 5.32 Å². The number of Topliss-reactive ketones (excluding diaryl/α,β-unsaturated/α-hetero) is 1. The minimum absolute atomic E-state index is 0.182. The van der Waals surface area contributed by atoms with Gasteiger partial charge in [-0.2, -0.15) is 0 Å². The number of carbonyl (C=O) groups excluding carboxylic acids is 1. The highest BCUT2D eigenvalue weighted by atomic mass is 16.5. The summed E-state index contributed by atoms with van der Waals surface area (Å²) >= 11 is 0. The average Bonchev–Trinajstić information content (AvgIpc) is 2.22. The Morgan fingerprint density at radius 2 is 2.24 bits per heavy atom. The first kappa shape index (κ1) is 12.1. The zero-order chi connectivity index (χ0) is 12.3. The van der Waals surface area contributed by atoms with Crippen LogP contribution in [0.1, 0.15) is 25.3 Å². The Bertz CT molecular complexity index is 397. The van der Waals surface area contributed by atoms with Crippen LogP contribution in [0.4, 0.5) is 0 Å². The lowest BCUT2D eigenvalue weighted by Gasteiger charge is -2.35. The maximum absolute atomic E-state index is 11.0. The number of hydrogen-bond acceptors (Lipinski definition) is 3. The number of benzene rings is 1. The monoisotopic (exact) mass is 233 g/mol. The summed E-state index contributed by atoms with van der Waals surface area (Å²) in [7, 11) is 1.98. The van der Waals surface area contributed by atoms with Crippen molar-refractivity contribution in [1.82, 2.24) is 5.32 Å². The maximum Gasteiger partial charge on any atom is 0.134 e. The molecule has 3 heteroatoms. The number of hydrogen-bond donors (Lipinski definition) is 1. The summed E-state index contributed by atoms with van der Waals surface area (Å²) in [5.41, 5.74) is 1.03. The van der Waals surface area contributed by atoms with E-state index in [1.54, 1.807) is 6.92 Å². The number of rotatable bonds is 5. The summed E-state index contributed by atoms with van der Waals surface area (Å²) in [6.45, 7) is 1.61. The van der Waals surface area contributed by atoms with E-state index < -0.39 is 0 Å². The highest BCUT2D eigenvalue weighted by Gasteiger charge is 2.29. The highest BCUT2D eigenvalue weighted by Crippen LogP contribution is 2.26. The normalized spacial score (nSPS) is 22.9. The van der Waals surface area contributed by atoms with Gasteiger partial charge in [0.2, 0.25) is 0 Å². The van der Waals surface area contributed by atoms with E-state index in [-0.39, 0.29) is 5.78 Å². The Kier molecular flexibility index (Phi) is 3.79. The molecule has 0 atom stereocenters. The van der Waals surface area contributed by atoms with Crippen LogP contribution in [-0.4, -0.2) is 25.0 Å². The lowest BCUT2D eigenvalue weighted by atomic mass is 9.89. The molecule has 0 radical (unpaired) electrons. The van der Waals surface area contributed by atoms with Gasteiger partial charge >= 0.3 is 0 Å². The van der Waals surface area contributed by atoms with Crippen LogP contribution in [0.5, 0.6) is 5.75 Å². The van der Waals surface area contributed by atoms with Crippen LogP contribution in [0.3, 0.4) is 0 Å². The van der Waals surface area contributed by atoms with E-state index in [9.17, 15) is 4.79 Å². The molecule has 0 heterocycles. The minimum Gasteiger partial charge on any atom is -0.490 e. The molecule has 0 saturated heterocycles. The lowest BCUT2D eigenvalue weighted by Crippen LogP contribution is -2.45. The Morgan fingerprint density at radius 1 is 1.47 bits per heavy atom. The molecule has 1 aromatic carbocycles. The predicted octanol–water partition coefficient (Wildman–Crippen LogP) is 1.95. The van der Waals surface area contributed by atoms with Gasteiger partial charge in [-0.1, -0.05) is 12.1 Å². The van der Waals surface area contributed by atoms with Crippen LogP contribution in [0.25, 0.3) is 0 Å². The van der Waals surface area contributed by atoms with Crippen molar-refractivity contribution in [2.45, 2.75) is 38.3 Å². The molecule has 2 rings (SSSR count). The molecule has 1 aliphatic carbocycles. The van der Waals surface area contributed by atoms with Crippen molar-refractivity contribution in [1.29, 1.82) is 0 Å². The molecule has 0 unspecified atom stereocenters. The first-order valence-electron chi connectivity index (χ1n) is 6.09. The molecule has 1 aromatic rings. The molecule has 1 fully saturated rings. The van der Waals surface area contributed by atoms with Crippen LogP contribution < -0.4 is 10.1 Å². The summed E-state index contributed by atoms with van der Waals surface area (Å²) < 4.78 is 5.85. The van der Waals surface area contributed by atoms with Gasteiger partial charge in [0.1, 0.15) is 17.6 Å². The van der Waals surface area contributed by atoms with Gasteiger partial charge in [0.05, 0.1) is 0 Å². The molecule has 1 aliphatic rings. The molecular formula is C14H19NO2. The van der Waals surface area contributed by atoms with Crippen LogP contribution in [0.2, 0.25) is 0 Å². The number of nitrogens with one attached hydrogen (secondary N) is 1. The van der Waals surface area contributed by atoms with Crippen molar-refractivity contribution in [2.75, 3.05) is 7.05 Å². The Labute approximate surface area is 102 Å². The molecule has 1 saturated carbocycles. The van der Waals surface area contributed by atoms with Crippen LogP contribution in [0, 0.1) is 0 Å². The average molecular weight is 233 g/mol. The zero-order valence-corrected chi connectivity index (χ0v) is 10.4. The molecule has 92 valence electrons. The SMILES string of the molecule is CN[C@H]1C[C@H](Oc2cccc(CC(C)=O)c2)C1. The Hall–Kier alpha value is -1.35. The lowest BCUT2D eigenvalue weighted by molar-refractivity contribution is -0.116. The van der Waals surface area contributed by atoms with Crippen LogP contribution >= 0.6 is 0 Å².